The highest BCUT2D eigenvalue weighted by atomic mass is 19.2. The third kappa shape index (κ3) is 3.01. The third-order valence-electron chi connectivity index (χ3n) is 4.57. The second kappa shape index (κ2) is 5.78. The van der Waals surface area contributed by atoms with Gasteiger partial charge in [-0.05, 0) is 42.9 Å². The minimum absolute atomic E-state index is 0.510. The summed E-state index contributed by atoms with van der Waals surface area (Å²) < 4.78 is 26.3. The summed E-state index contributed by atoms with van der Waals surface area (Å²) >= 11 is 0. The van der Waals surface area contributed by atoms with Crippen LogP contribution in [0, 0.1) is 17.6 Å². The standard InChI is InChI=1S/C16H22F2N2/c1-2-13-10-20(16(8-19-13)12-4-5-12)9-11-3-6-14(17)15(18)7-11/h3,6-7,12-13,16,19H,2,4-5,8-10H2,1H3. The van der Waals surface area contributed by atoms with Crippen LogP contribution in [0.2, 0.25) is 0 Å². The Morgan fingerprint density at radius 3 is 2.70 bits per heavy atom. The first-order valence-electron chi connectivity index (χ1n) is 7.58. The fourth-order valence-corrected chi connectivity index (χ4v) is 3.17. The summed E-state index contributed by atoms with van der Waals surface area (Å²) in [5.74, 6) is -0.725. The van der Waals surface area contributed by atoms with Gasteiger partial charge in [-0.25, -0.2) is 8.78 Å². The van der Waals surface area contributed by atoms with E-state index in [-0.39, 0.29) is 0 Å². The first-order valence-corrected chi connectivity index (χ1v) is 7.58. The molecule has 1 saturated carbocycles. The number of halogens is 2. The summed E-state index contributed by atoms with van der Waals surface area (Å²) in [5, 5.41) is 3.60. The van der Waals surface area contributed by atoms with Gasteiger partial charge in [-0.1, -0.05) is 13.0 Å². The third-order valence-corrected chi connectivity index (χ3v) is 4.57. The van der Waals surface area contributed by atoms with Crippen LogP contribution in [0.4, 0.5) is 8.78 Å². The molecule has 0 bridgehead atoms. The molecule has 1 heterocycles. The predicted octanol–water partition coefficient (Wildman–Crippen LogP) is 2.93. The van der Waals surface area contributed by atoms with Crippen LogP contribution < -0.4 is 5.32 Å². The first-order chi connectivity index (χ1) is 9.67. The first kappa shape index (κ1) is 14.0. The van der Waals surface area contributed by atoms with Crippen LogP contribution in [0.15, 0.2) is 18.2 Å². The summed E-state index contributed by atoms with van der Waals surface area (Å²) in [6, 6.07) is 5.32. The van der Waals surface area contributed by atoms with Crippen molar-refractivity contribution in [3.8, 4) is 0 Å². The summed E-state index contributed by atoms with van der Waals surface area (Å²) in [4.78, 5) is 2.45. The topological polar surface area (TPSA) is 15.3 Å². The second-order valence-corrected chi connectivity index (χ2v) is 6.10. The van der Waals surface area contributed by atoms with Gasteiger partial charge in [0.05, 0.1) is 0 Å². The van der Waals surface area contributed by atoms with Crippen LogP contribution in [0.3, 0.4) is 0 Å². The minimum atomic E-state index is -0.765. The van der Waals surface area contributed by atoms with Gasteiger partial charge in [0.2, 0.25) is 0 Å². The quantitative estimate of drug-likeness (QED) is 0.912. The van der Waals surface area contributed by atoms with E-state index in [1.165, 1.54) is 25.0 Å². The Bertz CT molecular complexity index is 474. The maximum Gasteiger partial charge on any atom is 0.159 e. The van der Waals surface area contributed by atoms with Crippen molar-refractivity contribution in [3.05, 3.63) is 35.4 Å². The number of nitrogens with zero attached hydrogens (tertiary/aromatic N) is 1. The molecule has 1 aromatic rings. The van der Waals surface area contributed by atoms with Crippen molar-refractivity contribution < 1.29 is 8.78 Å². The van der Waals surface area contributed by atoms with Gasteiger partial charge in [0, 0.05) is 31.7 Å². The molecule has 2 atom stereocenters. The van der Waals surface area contributed by atoms with Crippen molar-refractivity contribution in [3.63, 3.8) is 0 Å². The summed E-state index contributed by atoms with van der Waals surface area (Å²) in [6.07, 6.45) is 3.71. The molecule has 1 aromatic carbocycles. The van der Waals surface area contributed by atoms with Crippen LogP contribution >= 0.6 is 0 Å². The normalized spacial score (nSPS) is 27.8. The number of benzene rings is 1. The molecular formula is C16H22F2N2. The number of hydrogen-bond donors (Lipinski definition) is 1. The summed E-state index contributed by atoms with van der Waals surface area (Å²) in [7, 11) is 0. The highest BCUT2D eigenvalue weighted by Crippen LogP contribution is 2.37. The average molecular weight is 280 g/mol. The fourth-order valence-electron chi connectivity index (χ4n) is 3.17. The molecule has 0 spiro atoms. The van der Waals surface area contributed by atoms with Crippen molar-refractivity contribution in [2.75, 3.05) is 13.1 Å². The lowest BCUT2D eigenvalue weighted by Crippen LogP contribution is -2.56. The van der Waals surface area contributed by atoms with Crippen LogP contribution in [0.5, 0.6) is 0 Å². The van der Waals surface area contributed by atoms with Crippen molar-refractivity contribution in [1.82, 2.24) is 10.2 Å². The maximum absolute atomic E-state index is 13.3. The molecule has 2 nitrogen and oxygen atoms in total. The van der Waals surface area contributed by atoms with Gasteiger partial charge in [0.25, 0.3) is 0 Å². The van der Waals surface area contributed by atoms with E-state index in [4.69, 9.17) is 0 Å². The SMILES string of the molecule is CCC1CN(Cc2ccc(F)c(F)c2)C(C2CC2)CN1. The largest absolute Gasteiger partial charge is 0.311 e. The summed E-state index contributed by atoms with van der Waals surface area (Å²) in [6.45, 7) is 4.92. The monoisotopic (exact) mass is 280 g/mol. The van der Waals surface area contributed by atoms with Gasteiger partial charge in [-0.3, -0.25) is 4.90 Å². The van der Waals surface area contributed by atoms with Crippen molar-refractivity contribution >= 4 is 0 Å². The molecule has 1 aliphatic carbocycles. The molecular weight excluding hydrogens is 258 g/mol. The lowest BCUT2D eigenvalue weighted by Gasteiger charge is -2.40. The highest BCUT2D eigenvalue weighted by Gasteiger charge is 2.38. The van der Waals surface area contributed by atoms with Crippen LogP contribution in [-0.4, -0.2) is 30.1 Å². The molecule has 0 radical (unpaired) electrons. The molecule has 2 unspecified atom stereocenters. The van der Waals surface area contributed by atoms with Gasteiger partial charge in [-0.15, -0.1) is 0 Å². The van der Waals surface area contributed by atoms with Gasteiger partial charge in [0.1, 0.15) is 0 Å². The fraction of sp³-hybridized carbons (Fsp3) is 0.625. The maximum atomic E-state index is 13.3. The van der Waals surface area contributed by atoms with Crippen molar-refractivity contribution in [2.24, 2.45) is 5.92 Å². The van der Waals surface area contributed by atoms with E-state index in [1.807, 2.05) is 0 Å². The van der Waals surface area contributed by atoms with E-state index < -0.39 is 11.6 Å². The molecule has 2 aliphatic rings. The molecule has 1 saturated heterocycles. The smallest absolute Gasteiger partial charge is 0.159 e. The molecule has 1 aliphatic heterocycles. The van der Waals surface area contributed by atoms with E-state index in [2.05, 4.69) is 17.1 Å². The van der Waals surface area contributed by atoms with Gasteiger partial charge < -0.3 is 5.32 Å². The molecule has 110 valence electrons. The van der Waals surface area contributed by atoms with Crippen molar-refractivity contribution in [2.45, 2.75) is 44.8 Å². The Morgan fingerprint density at radius 1 is 1.25 bits per heavy atom. The number of hydrogen-bond acceptors (Lipinski definition) is 2. The van der Waals surface area contributed by atoms with Gasteiger partial charge >= 0.3 is 0 Å². The Labute approximate surface area is 119 Å². The Balaban J connectivity index is 1.72. The molecule has 4 heteroatoms. The lowest BCUT2D eigenvalue weighted by molar-refractivity contribution is 0.106. The predicted molar refractivity (Wildman–Crippen MR) is 75.4 cm³/mol. The van der Waals surface area contributed by atoms with E-state index in [0.29, 0.717) is 12.1 Å². The summed E-state index contributed by atoms with van der Waals surface area (Å²) in [5.41, 5.74) is 0.867. The Morgan fingerprint density at radius 2 is 2.05 bits per heavy atom. The molecule has 0 amide bonds. The van der Waals surface area contributed by atoms with E-state index in [0.717, 1.165) is 37.5 Å². The number of nitrogens with one attached hydrogen (secondary N) is 1. The molecule has 2 fully saturated rings. The number of piperazine rings is 1. The highest BCUT2D eigenvalue weighted by molar-refractivity contribution is 5.18. The molecule has 20 heavy (non-hydrogen) atoms. The van der Waals surface area contributed by atoms with E-state index in [9.17, 15) is 8.78 Å². The van der Waals surface area contributed by atoms with Crippen LogP contribution in [0.1, 0.15) is 31.7 Å². The van der Waals surface area contributed by atoms with Gasteiger partial charge in [-0.2, -0.15) is 0 Å². The zero-order valence-corrected chi connectivity index (χ0v) is 11.9. The van der Waals surface area contributed by atoms with Crippen LogP contribution in [-0.2, 0) is 6.54 Å². The van der Waals surface area contributed by atoms with Crippen LogP contribution in [0.25, 0.3) is 0 Å². The second-order valence-electron chi connectivity index (χ2n) is 6.10. The van der Waals surface area contributed by atoms with E-state index in [1.54, 1.807) is 6.07 Å². The van der Waals surface area contributed by atoms with E-state index >= 15 is 0 Å². The molecule has 3 rings (SSSR count). The number of rotatable bonds is 4. The van der Waals surface area contributed by atoms with Gasteiger partial charge in [0.15, 0.2) is 11.6 Å². The zero-order chi connectivity index (χ0) is 14.1. The van der Waals surface area contributed by atoms with Crippen molar-refractivity contribution in [1.29, 1.82) is 0 Å². The lowest BCUT2D eigenvalue weighted by atomic mass is 10.0. The zero-order valence-electron chi connectivity index (χ0n) is 11.9. The molecule has 0 aromatic heterocycles. The Hall–Kier alpha value is -1.00. The molecule has 1 N–H and O–H groups in total. The Kier molecular flexibility index (Phi) is 4.03. The minimum Gasteiger partial charge on any atom is -0.311 e. The average Bonchev–Trinajstić information content (AvgIpc) is 3.27.